The molecule has 6 heteroatoms. The zero-order valence-corrected chi connectivity index (χ0v) is 13.0. The quantitative estimate of drug-likeness (QED) is 0.608. The molecule has 1 atom stereocenters. The average Bonchev–Trinajstić information content (AvgIpc) is 2.42. The number of amides is 1. The van der Waals surface area contributed by atoms with E-state index in [-0.39, 0.29) is 5.91 Å². The first-order valence-corrected chi connectivity index (χ1v) is 8.07. The van der Waals surface area contributed by atoms with Gasteiger partial charge in [0.05, 0.1) is 0 Å². The molecule has 1 rings (SSSR count). The summed E-state index contributed by atoms with van der Waals surface area (Å²) in [4.78, 5) is 22.3. The minimum atomic E-state index is -0.965. The number of anilines is 1. The summed E-state index contributed by atoms with van der Waals surface area (Å²) in [5, 5.41) is 11.5. The molecule has 0 heterocycles. The van der Waals surface area contributed by atoms with Crippen molar-refractivity contribution in [2.75, 3.05) is 16.8 Å². The third-order valence-corrected chi connectivity index (χ3v) is 3.99. The Morgan fingerprint density at radius 2 is 2.14 bits per heavy atom. The van der Waals surface area contributed by atoms with E-state index in [1.165, 1.54) is 0 Å². The van der Waals surface area contributed by atoms with Crippen molar-refractivity contribution < 1.29 is 14.7 Å². The summed E-state index contributed by atoms with van der Waals surface area (Å²) >= 11 is 1.63. The van der Waals surface area contributed by atoms with E-state index in [0.717, 1.165) is 23.4 Å². The molecular formula is C15H22N2O3S. The Morgan fingerprint density at radius 3 is 2.81 bits per heavy atom. The van der Waals surface area contributed by atoms with Crippen LogP contribution in [0.1, 0.15) is 24.8 Å². The van der Waals surface area contributed by atoms with Crippen molar-refractivity contribution in [2.24, 2.45) is 5.73 Å². The highest BCUT2D eigenvalue weighted by atomic mass is 32.2. The Hall–Kier alpha value is -1.53. The van der Waals surface area contributed by atoms with Gasteiger partial charge in [0.1, 0.15) is 6.04 Å². The molecule has 0 aliphatic rings. The molecular weight excluding hydrogens is 288 g/mol. The maximum absolute atomic E-state index is 11.7. The second-order valence-corrected chi connectivity index (χ2v) is 6.09. The third kappa shape index (κ3) is 7.72. The number of thioether (sulfide) groups is 1. The van der Waals surface area contributed by atoms with Crippen molar-refractivity contribution >= 4 is 29.3 Å². The highest BCUT2D eigenvalue weighted by Crippen LogP contribution is 2.11. The molecule has 1 aromatic carbocycles. The molecule has 1 amide bonds. The lowest BCUT2D eigenvalue weighted by Gasteiger charge is -2.07. The van der Waals surface area contributed by atoms with E-state index >= 15 is 0 Å². The van der Waals surface area contributed by atoms with Crippen molar-refractivity contribution in [3.63, 3.8) is 0 Å². The van der Waals surface area contributed by atoms with Crippen molar-refractivity contribution in [3.8, 4) is 0 Å². The summed E-state index contributed by atoms with van der Waals surface area (Å²) in [6, 6.07) is 6.90. The summed E-state index contributed by atoms with van der Waals surface area (Å²) < 4.78 is 0. The highest BCUT2D eigenvalue weighted by molar-refractivity contribution is 7.99. The van der Waals surface area contributed by atoms with Crippen LogP contribution in [-0.4, -0.2) is 34.5 Å². The van der Waals surface area contributed by atoms with Crippen molar-refractivity contribution in [1.29, 1.82) is 0 Å². The fourth-order valence-electron chi connectivity index (χ4n) is 1.72. The topological polar surface area (TPSA) is 92.4 Å². The first-order valence-electron chi connectivity index (χ1n) is 6.91. The first kappa shape index (κ1) is 17.5. The standard InChI is InChI=1S/C15H22N2O3S/c1-11-4-2-5-12(10-11)17-14(18)6-3-8-21-9-7-13(16)15(19)20/h2,4-5,10,13H,3,6-9,16H2,1H3,(H,17,18)(H,19,20). The Labute approximate surface area is 129 Å². The predicted molar refractivity (Wildman–Crippen MR) is 86.6 cm³/mol. The molecule has 0 fully saturated rings. The van der Waals surface area contributed by atoms with Gasteiger partial charge in [0.2, 0.25) is 5.91 Å². The summed E-state index contributed by atoms with van der Waals surface area (Å²) in [5.41, 5.74) is 7.33. The zero-order chi connectivity index (χ0) is 15.7. The number of aliphatic carboxylic acids is 1. The third-order valence-electron chi connectivity index (χ3n) is 2.88. The second kappa shape index (κ2) is 9.41. The maximum atomic E-state index is 11.7. The van der Waals surface area contributed by atoms with Crippen LogP contribution in [0.3, 0.4) is 0 Å². The minimum Gasteiger partial charge on any atom is -0.480 e. The van der Waals surface area contributed by atoms with E-state index < -0.39 is 12.0 Å². The molecule has 0 aromatic heterocycles. The summed E-state index contributed by atoms with van der Waals surface area (Å²) in [7, 11) is 0. The molecule has 0 aliphatic carbocycles. The van der Waals surface area contributed by atoms with Crippen LogP contribution >= 0.6 is 11.8 Å². The molecule has 0 spiro atoms. The molecule has 0 aliphatic heterocycles. The van der Waals surface area contributed by atoms with Gasteiger partial charge in [0.15, 0.2) is 0 Å². The van der Waals surface area contributed by atoms with Crippen LogP contribution < -0.4 is 11.1 Å². The number of aryl methyl sites for hydroxylation is 1. The second-order valence-electron chi connectivity index (χ2n) is 4.87. The van der Waals surface area contributed by atoms with E-state index in [2.05, 4.69) is 5.32 Å². The zero-order valence-electron chi connectivity index (χ0n) is 12.2. The minimum absolute atomic E-state index is 0.00318. The van der Waals surface area contributed by atoms with Gasteiger partial charge in [-0.25, -0.2) is 0 Å². The Bertz CT molecular complexity index is 480. The molecule has 5 nitrogen and oxygen atoms in total. The van der Waals surface area contributed by atoms with Crippen LogP contribution in [0.25, 0.3) is 0 Å². The lowest BCUT2D eigenvalue weighted by molar-refractivity contribution is -0.138. The summed E-state index contributed by atoms with van der Waals surface area (Å²) in [6.45, 7) is 1.98. The predicted octanol–water partition coefficient (Wildman–Crippen LogP) is 2.25. The van der Waals surface area contributed by atoms with Gasteiger partial charge in [-0.05, 0) is 49.0 Å². The smallest absolute Gasteiger partial charge is 0.320 e. The van der Waals surface area contributed by atoms with Crippen LogP contribution in [0.4, 0.5) is 5.69 Å². The van der Waals surface area contributed by atoms with Gasteiger partial charge < -0.3 is 16.2 Å². The average molecular weight is 310 g/mol. The normalized spacial score (nSPS) is 11.9. The van der Waals surface area contributed by atoms with Gasteiger partial charge in [0, 0.05) is 12.1 Å². The molecule has 1 unspecified atom stereocenters. The molecule has 0 radical (unpaired) electrons. The SMILES string of the molecule is Cc1cccc(NC(=O)CCCSCCC(N)C(=O)O)c1. The molecule has 21 heavy (non-hydrogen) atoms. The highest BCUT2D eigenvalue weighted by Gasteiger charge is 2.10. The lowest BCUT2D eigenvalue weighted by Crippen LogP contribution is -2.30. The largest absolute Gasteiger partial charge is 0.480 e. The molecule has 4 N–H and O–H groups in total. The van der Waals surface area contributed by atoms with Crippen LogP contribution in [0, 0.1) is 6.92 Å². The number of rotatable bonds is 9. The summed E-state index contributed by atoms with van der Waals surface area (Å²) in [5.74, 6) is 0.567. The Kier molecular flexibility index (Phi) is 7.85. The number of nitrogens with one attached hydrogen (secondary N) is 1. The van der Waals surface area contributed by atoms with Crippen LogP contribution in [0.2, 0.25) is 0 Å². The van der Waals surface area contributed by atoms with E-state index in [1.54, 1.807) is 11.8 Å². The number of carboxylic acids is 1. The van der Waals surface area contributed by atoms with E-state index in [1.807, 2.05) is 31.2 Å². The van der Waals surface area contributed by atoms with Gasteiger partial charge >= 0.3 is 5.97 Å². The maximum Gasteiger partial charge on any atom is 0.320 e. The number of nitrogens with two attached hydrogens (primary N) is 1. The van der Waals surface area contributed by atoms with Gasteiger partial charge in [-0.3, -0.25) is 9.59 Å². The van der Waals surface area contributed by atoms with Crippen LogP contribution in [0.15, 0.2) is 24.3 Å². The van der Waals surface area contributed by atoms with Crippen molar-refractivity contribution in [2.45, 2.75) is 32.2 Å². The fraction of sp³-hybridized carbons (Fsp3) is 0.467. The molecule has 0 saturated heterocycles. The number of hydrogen-bond donors (Lipinski definition) is 3. The summed E-state index contributed by atoms with van der Waals surface area (Å²) in [6.07, 6.45) is 1.69. The van der Waals surface area contributed by atoms with Gasteiger partial charge in [0.25, 0.3) is 0 Å². The molecule has 0 bridgehead atoms. The number of benzene rings is 1. The van der Waals surface area contributed by atoms with Crippen LogP contribution in [0.5, 0.6) is 0 Å². The van der Waals surface area contributed by atoms with E-state index in [4.69, 9.17) is 10.8 Å². The first-order chi connectivity index (χ1) is 9.99. The lowest BCUT2D eigenvalue weighted by atomic mass is 10.2. The Morgan fingerprint density at radius 1 is 1.38 bits per heavy atom. The molecule has 116 valence electrons. The van der Waals surface area contributed by atoms with Crippen molar-refractivity contribution in [3.05, 3.63) is 29.8 Å². The molecule has 0 saturated carbocycles. The monoisotopic (exact) mass is 310 g/mol. The number of carbonyl (C=O) groups excluding carboxylic acids is 1. The van der Waals surface area contributed by atoms with E-state index in [9.17, 15) is 9.59 Å². The number of carbonyl (C=O) groups is 2. The fourth-order valence-corrected chi connectivity index (χ4v) is 2.69. The van der Waals surface area contributed by atoms with Crippen molar-refractivity contribution in [1.82, 2.24) is 0 Å². The number of carboxylic acid groups (broad SMARTS) is 1. The Balaban J connectivity index is 2.10. The molecule has 1 aromatic rings. The number of hydrogen-bond acceptors (Lipinski definition) is 4. The van der Waals surface area contributed by atoms with Crippen LogP contribution in [-0.2, 0) is 9.59 Å². The van der Waals surface area contributed by atoms with Gasteiger partial charge in [-0.1, -0.05) is 12.1 Å². The van der Waals surface area contributed by atoms with Gasteiger partial charge in [-0.2, -0.15) is 11.8 Å². The van der Waals surface area contributed by atoms with E-state index in [0.29, 0.717) is 18.6 Å². The van der Waals surface area contributed by atoms with Gasteiger partial charge in [-0.15, -0.1) is 0 Å².